The first-order valence-electron chi connectivity index (χ1n) is 11.0. The lowest BCUT2D eigenvalue weighted by Crippen LogP contribution is -2.34. The molecule has 0 unspecified atom stereocenters. The number of nitrogens with zero attached hydrogens (tertiary/aromatic N) is 1. The van der Waals surface area contributed by atoms with Crippen molar-refractivity contribution in [1.29, 1.82) is 0 Å². The third-order valence-electron chi connectivity index (χ3n) is 4.87. The first kappa shape index (κ1) is 23.1. The Morgan fingerprint density at radius 2 is 1.44 bits per heavy atom. The predicted octanol–water partition coefficient (Wildman–Crippen LogP) is 5.68. The summed E-state index contributed by atoms with van der Waals surface area (Å²) < 4.78 is 5.86. The van der Waals surface area contributed by atoms with Crippen molar-refractivity contribution in [1.82, 2.24) is 5.32 Å². The van der Waals surface area contributed by atoms with Crippen LogP contribution in [0.25, 0.3) is 0 Å². The fourth-order valence-corrected chi connectivity index (χ4v) is 3.31. The Morgan fingerprint density at radius 3 is 2.06 bits per heavy atom. The van der Waals surface area contributed by atoms with E-state index in [0.717, 1.165) is 11.4 Å². The van der Waals surface area contributed by atoms with E-state index >= 15 is 0 Å². The number of carbonyl (C=O) groups excluding carboxylic acids is 2. The second kappa shape index (κ2) is 11.7. The Kier molecular flexibility index (Phi) is 8.44. The van der Waals surface area contributed by atoms with E-state index in [0.29, 0.717) is 43.2 Å². The summed E-state index contributed by atoms with van der Waals surface area (Å²) in [7, 11) is 0. The second-order valence-corrected chi connectivity index (χ2v) is 8.03. The molecule has 5 heteroatoms. The molecule has 166 valence electrons. The number of amides is 2. The van der Waals surface area contributed by atoms with E-state index in [2.05, 4.69) is 5.32 Å². The Hall–Kier alpha value is -3.60. The average molecular weight is 431 g/mol. The minimum atomic E-state index is -0.0733. The zero-order chi connectivity index (χ0) is 22.8. The molecular weight excluding hydrogens is 400 g/mol. The lowest BCUT2D eigenvalue weighted by molar-refractivity contribution is -0.121. The minimum absolute atomic E-state index is 0.0448. The number of benzene rings is 3. The topological polar surface area (TPSA) is 58.6 Å². The van der Waals surface area contributed by atoms with Crippen LogP contribution in [0.1, 0.15) is 37.0 Å². The number of ether oxygens (including phenoxy) is 1. The molecule has 0 atom stereocenters. The average Bonchev–Trinajstić information content (AvgIpc) is 2.80. The predicted molar refractivity (Wildman–Crippen MR) is 128 cm³/mol. The van der Waals surface area contributed by atoms with Crippen molar-refractivity contribution >= 4 is 17.5 Å². The maximum absolute atomic E-state index is 13.2. The van der Waals surface area contributed by atoms with Gasteiger partial charge in [-0.3, -0.25) is 9.59 Å². The van der Waals surface area contributed by atoms with Crippen LogP contribution in [0, 0.1) is 5.92 Å². The molecule has 2 amide bonds. The standard InChI is InChI=1S/C27H30N2O3/c1-21(2)20-26(30)28-18-9-19-29(27(31)22-10-5-3-6-11-22)23-14-16-25(17-15-23)32-24-12-7-4-8-13-24/h3-8,10-17,21H,9,18-20H2,1-2H3,(H,28,30). The summed E-state index contributed by atoms with van der Waals surface area (Å²) in [6.07, 6.45) is 1.17. The zero-order valence-electron chi connectivity index (χ0n) is 18.7. The monoisotopic (exact) mass is 430 g/mol. The Morgan fingerprint density at radius 1 is 0.844 bits per heavy atom. The highest BCUT2D eigenvalue weighted by Gasteiger charge is 2.17. The van der Waals surface area contributed by atoms with E-state index in [1.165, 1.54) is 0 Å². The highest BCUT2D eigenvalue weighted by molar-refractivity contribution is 6.06. The lowest BCUT2D eigenvalue weighted by Gasteiger charge is -2.23. The molecule has 32 heavy (non-hydrogen) atoms. The highest BCUT2D eigenvalue weighted by atomic mass is 16.5. The van der Waals surface area contributed by atoms with E-state index in [-0.39, 0.29) is 11.8 Å². The summed E-state index contributed by atoms with van der Waals surface area (Å²) >= 11 is 0. The van der Waals surface area contributed by atoms with Crippen molar-refractivity contribution in [3.05, 3.63) is 90.5 Å². The number of hydrogen-bond donors (Lipinski definition) is 1. The molecule has 3 aromatic rings. The van der Waals surface area contributed by atoms with Gasteiger partial charge in [0, 0.05) is 30.8 Å². The van der Waals surface area contributed by atoms with Gasteiger partial charge < -0.3 is 15.0 Å². The van der Waals surface area contributed by atoms with E-state index < -0.39 is 0 Å². The fraction of sp³-hybridized carbons (Fsp3) is 0.259. The van der Waals surface area contributed by atoms with Crippen molar-refractivity contribution in [2.24, 2.45) is 5.92 Å². The van der Waals surface area contributed by atoms with Gasteiger partial charge in [-0.1, -0.05) is 50.2 Å². The summed E-state index contributed by atoms with van der Waals surface area (Å²) in [4.78, 5) is 26.9. The van der Waals surface area contributed by atoms with Crippen LogP contribution >= 0.6 is 0 Å². The van der Waals surface area contributed by atoms with E-state index in [4.69, 9.17) is 4.74 Å². The SMILES string of the molecule is CC(C)CC(=O)NCCCN(C(=O)c1ccccc1)c1ccc(Oc2ccccc2)cc1. The van der Waals surface area contributed by atoms with Crippen LogP contribution < -0.4 is 15.0 Å². The first-order chi connectivity index (χ1) is 15.5. The number of para-hydroxylation sites is 1. The van der Waals surface area contributed by atoms with Crippen LogP contribution in [-0.2, 0) is 4.79 Å². The molecule has 0 spiro atoms. The zero-order valence-corrected chi connectivity index (χ0v) is 18.7. The molecule has 0 aliphatic carbocycles. The fourth-order valence-electron chi connectivity index (χ4n) is 3.31. The van der Waals surface area contributed by atoms with Gasteiger partial charge in [-0.25, -0.2) is 0 Å². The molecule has 1 N–H and O–H groups in total. The van der Waals surface area contributed by atoms with Gasteiger partial charge in [-0.05, 0) is 60.9 Å². The molecule has 0 bridgehead atoms. The molecular formula is C27H30N2O3. The normalized spacial score (nSPS) is 10.6. The summed E-state index contributed by atoms with van der Waals surface area (Å²) in [5.74, 6) is 1.75. The Balaban J connectivity index is 1.69. The Labute approximate surface area is 190 Å². The smallest absolute Gasteiger partial charge is 0.258 e. The molecule has 0 saturated heterocycles. The van der Waals surface area contributed by atoms with Gasteiger partial charge in [0.25, 0.3) is 5.91 Å². The molecule has 0 aromatic heterocycles. The quantitative estimate of drug-likeness (QED) is 0.421. The maximum Gasteiger partial charge on any atom is 0.258 e. The van der Waals surface area contributed by atoms with Crippen molar-refractivity contribution in [3.8, 4) is 11.5 Å². The first-order valence-corrected chi connectivity index (χ1v) is 11.0. The lowest BCUT2D eigenvalue weighted by atomic mass is 10.1. The summed E-state index contributed by atoms with van der Waals surface area (Å²) in [5, 5.41) is 2.94. The molecule has 0 aliphatic heterocycles. The van der Waals surface area contributed by atoms with Crippen molar-refractivity contribution in [2.45, 2.75) is 26.7 Å². The van der Waals surface area contributed by atoms with Crippen molar-refractivity contribution in [3.63, 3.8) is 0 Å². The van der Waals surface area contributed by atoms with Crippen LogP contribution in [-0.4, -0.2) is 24.9 Å². The number of carbonyl (C=O) groups is 2. The van der Waals surface area contributed by atoms with E-state index in [9.17, 15) is 9.59 Å². The van der Waals surface area contributed by atoms with Gasteiger partial charge in [0.15, 0.2) is 0 Å². The molecule has 0 aliphatic rings. The Bertz CT molecular complexity index is 986. The van der Waals surface area contributed by atoms with Crippen LogP contribution in [0.5, 0.6) is 11.5 Å². The van der Waals surface area contributed by atoms with Gasteiger partial charge in [-0.15, -0.1) is 0 Å². The molecule has 5 nitrogen and oxygen atoms in total. The number of nitrogens with one attached hydrogen (secondary N) is 1. The molecule has 0 heterocycles. The molecule has 3 rings (SSSR count). The second-order valence-electron chi connectivity index (χ2n) is 8.03. The van der Waals surface area contributed by atoms with Crippen LogP contribution in [0.4, 0.5) is 5.69 Å². The van der Waals surface area contributed by atoms with Gasteiger partial charge >= 0.3 is 0 Å². The number of hydrogen-bond acceptors (Lipinski definition) is 3. The summed E-state index contributed by atoms with van der Waals surface area (Å²) in [5.41, 5.74) is 1.41. The van der Waals surface area contributed by atoms with E-state index in [1.54, 1.807) is 4.90 Å². The van der Waals surface area contributed by atoms with Gasteiger partial charge in [-0.2, -0.15) is 0 Å². The number of rotatable bonds is 10. The third-order valence-corrected chi connectivity index (χ3v) is 4.87. The van der Waals surface area contributed by atoms with Crippen LogP contribution in [0.3, 0.4) is 0 Å². The third kappa shape index (κ3) is 6.98. The van der Waals surface area contributed by atoms with Crippen molar-refractivity contribution in [2.75, 3.05) is 18.0 Å². The number of anilines is 1. The molecule has 0 radical (unpaired) electrons. The maximum atomic E-state index is 13.2. The summed E-state index contributed by atoms with van der Waals surface area (Å²) in [6.45, 7) is 5.06. The van der Waals surface area contributed by atoms with Gasteiger partial charge in [0.2, 0.25) is 5.91 Å². The van der Waals surface area contributed by atoms with Gasteiger partial charge in [0.05, 0.1) is 0 Å². The minimum Gasteiger partial charge on any atom is -0.457 e. The van der Waals surface area contributed by atoms with Crippen LogP contribution in [0.15, 0.2) is 84.9 Å². The molecule has 0 fully saturated rings. The van der Waals surface area contributed by atoms with E-state index in [1.807, 2.05) is 98.8 Å². The van der Waals surface area contributed by atoms with Crippen LogP contribution in [0.2, 0.25) is 0 Å². The van der Waals surface area contributed by atoms with Crippen molar-refractivity contribution < 1.29 is 14.3 Å². The van der Waals surface area contributed by atoms with Gasteiger partial charge in [0.1, 0.15) is 11.5 Å². The summed E-state index contributed by atoms with van der Waals surface area (Å²) in [6, 6.07) is 26.3. The largest absolute Gasteiger partial charge is 0.457 e. The highest BCUT2D eigenvalue weighted by Crippen LogP contribution is 2.25. The molecule has 0 saturated carbocycles. The molecule has 3 aromatic carbocycles.